The van der Waals surface area contributed by atoms with Crippen LogP contribution in [0.4, 0.5) is 9.18 Å². The fourth-order valence-corrected chi connectivity index (χ4v) is 1.69. The lowest BCUT2D eigenvalue weighted by Gasteiger charge is -2.22. The standard InChI is InChI=1S/C11H21FN2O2/c1-5-14-6-8(12)9(7-14)13-10(15)16-11(2,3)4/h8-9H,5-7H2,1-4H3,(H,13,15)/t8-,9+/m0/s1. The van der Waals surface area contributed by atoms with E-state index in [2.05, 4.69) is 5.32 Å². The third-order valence-electron chi connectivity index (χ3n) is 2.47. The van der Waals surface area contributed by atoms with Crippen LogP contribution in [0, 0.1) is 0 Å². The second-order valence-electron chi connectivity index (χ2n) is 5.12. The molecule has 0 radical (unpaired) electrons. The molecule has 1 saturated heterocycles. The molecule has 5 heteroatoms. The van der Waals surface area contributed by atoms with E-state index in [1.54, 1.807) is 20.8 Å². The predicted octanol–water partition coefficient (Wildman–Crippen LogP) is 1.55. The molecule has 94 valence electrons. The molecule has 1 heterocycles. The van der Waals surface area contributed by atoms with Gasteiger partial charge in [-0.05, 0) is 27.3 Å². The molecule has 0 aromatic carbocycles. The average molecular weight is 232 g/mol. The van der Waals surface area contributed by atoms with E-state index in [1.807, 2.05) is 11.8 Å². The normalized spacial score (nSPS) is 26.8. The number of hydrogen-bond donors (Lipinski definition) is 1. The second-order valence-corrected chi connectivity index (χ2v) is 5.12. The molecule has 0 saturated carbocycles. The van der Waals surface area contributed by atoms with Crippen molar-refractivity contribution in [1.82, 2.24) is 10.2 Å². The molecule has 4 nitrogen and oxygen atoms in total. The number of alkyl halides is 1. The van der Waals surface area contributed by atoms with Crippen LogP contribution < -0.4 is 5.32 Å². The van der Waals surface area contributed by atoms with E-state index in [1.165, 1.54) is 0 Å². The Morgan fingerprint density at radius 3 is 2.56 bits per heavy atom. The SMILES string of the molecule is CCN1C[C@H](F)[C@H](NC(=O)OC(C)(C)C)C1. The van der Waals surface area contributed by atoms with Crippen LogP contribution in [0.5, 0.6) is 0 Å². The number of likely N-dealkylation sites (N-methyl/N-ethyl adjacent to an activating group) is 1. The maximum absolute atomic E-state index is 13.5. The van der Waals surface area contributed by atoms with Crippen LogP contribution in [0.15, 0.2) is 0 Å². The summed E-state index contributed by atoms with van der Waals surface area (Å²) >= 11 is 0. The van der Waals surface area contributed by atoms with Crippen molar-refractivity contribution in [2.45, 2.75) is 45.5 Å². The highest BCUT2D eigenvalue weighted by atomic mass is 19.1. The summed E-state index contributed by atoms with van der Waals surface area (Å²) in [6, 6.07) is -0.449. The lowest BCUT2D eigenvalue weighted by Crippen LogP contribution is -2.44. The van der Waals surface area contributed by atoms with Gasteiger partial charge in [-0.2, -0.15) is 0 Å². The molecule has 1 N–H and O–H groups in total. The van der Waals surface area contributed by atoms with Gasteiger partial charge in [0.25, 0.3) is 0 Å². The van der Waals surface area contributed by atoms with Gasteiger partial charge in [-0.25, -0.2) is 9.18 Å². The minimum Gasteiger partial charge on any atom is -0.444 e. The number of halogens is 1. The summed E-state index contributed by atoms with van der Waals surface area (Å²) in [7, 11) is 0. The quantitative estimate of drug-likeness (QED) is 0.785. The van der Waals surface area contributed by atoms with E-state index in [4.69, 9.17) is 4.74 Å². The van der Waals surface area contributed by atoms with Crippen molar-refractivity contribution in [3.63, 3.8) is 0 Å². The zero-order chi connectivity index (χ0) is 12.3. The third kappa shape index (κ3) is 3.96. The molecule has 0 aliphatic carbocycles. The van der Waals surface area contributed by atoms with Crippen molar-refractivity contribution in [3.8, 4) is 0 Å². The summed E-state index contributed by atoms with van der Waals surface area (Å²) in [5, 5.41) is 2.57. The number of nitrogens with one attached hydrogen (secondary N) is 1. The lowest BCUT2D eigenvalue weighted by atomic mass is 10.2. The highest BCUT2D eigenvalue weighted by molar-refractivity contribution is 5.68. The summed E-state index contributed by atoms with van der Waals surface area (Å²) in [6.07, 6.45) is -1.55. The topological polar surface area (TPSA) is 41.6 Å². The number of carbonyl (C=O) groups excluding carboxylic acids is 1. The second kappa shape index (κ2) is 4.99. The van der Waals surface area contributed by atoms with Gasteiger partial charge >= 0.3 is 6.09 Å². The maximum Gasteiger partial charge on any atom is 0.408 e. The van der Waals surface area contributed by atoms with Crippen LogP contribution in [0.3, 0.4) is 0 Å². The van der Waals surface area contributed by atoms with Gasteiger partial charge in [0.15, 0.2) is 0 Å². The highest BCUT2D eigenvalue weighted by Gasteiger charge is 2.33. The number of nitrogens with zero attached hydrogens (tertiary/aromatic N) is 1. The van der Waals surface area contributed by atoms with Crippen molar-refractivity contribution >= 4 is 6.09 Å². The fourth-order valence-electron chi connectivity index (χ4n) is 1.69. The Morgan fingerprint density at radius 2 is 2.12 bits per heavy atom. The van der Waals surface area contributed by atoms with E-state index in [0.29, 0.717) is 13.1 Å². The molecule has 2 atom stereocenters. The average Bonchev–Trinajstić information content (AvgIpc) is 2.44. The summed E-state index contributed by atoms with van der Waals surface area (Å²) in [5.41, 5.74) is -0.543. The van der Waals surface area contributed by atoms with Crippen molar-refractivity contribution in [2.24, 2.45) is 0 Å². The number of alkyl carbamates (subject to hydrolysis) is 1. The van der Waals surface area contributed by atoms with Gasteiger partial charge in [0.1, 0.15) is 11.8 Å². The van der Waals surface area contributed by atoms with Crippen LogP contribution >= 0.6 is 0 Å². The van der Waals surface area contributed by atoms with Gasteiger partial charge in [-0.15, -0.1) is 0 Å². The molecule has 1 aliphatic heterocycles. The van der Waals surface area contributed by atoms with Gasteiger partial charge in [0, 0.05) is 13.1 Å². The lowest BCUT2D eigenvalue weighted by molar-refractivity contribution is 0.0489. The van der Waals surface area contributed by atoms with E-state index in [-0.39, 0.29) is 0 Å². The monoisotopic (exact) mass is 232 g/mol. The number of amides is 1. The van der Waals surface area contributed by atoms with Gasteiger partial charge in [0.05, 0.1) is 6.04 Å². The largest absolute Gasteiger partial charge is 0.444 e. The Kier molecular flexibility index (Phi) is 4.13. The maximum atomic E-state index is 13.5. The van der Waals surface area contributed by atoms with Crippen molar-refractivity contribution in [2.75, 3.05) is 19.6 Å². The number of carbonyl (C=O) groups is 1. The number of likely N-dealkylation sites (tertiary alicyclic amines) is 1. The summed E-state index contributed by atoms with van der Waals surface area (Å²) in [6.45, 7) is 9.06. The van der Waals surface area contributed by atoms with Gasteiger partial charge in [0.2, 0.25) is 0 Å². The summed E-state index contributed by atoms with van der Waals surface area (Å²) in [4.78, 5) is 13.4. The number of hydrogen-bond acceptors (Lipinski definition) is 3. The third-order valence-corrected chi connectivity index (χ3v) is 2.47. The first-order valence-electron chi connectivity index (χ1n) is 5.67. The van der Waals surface area contributed by atoms with Crippen LogP contribution in [-0.4, -0.2) is 48.4 Å². The van der Waals surface area contributed by atoms with Crippen LogP contribution in [0.1, 0.15) is 27.7 Å². The highest BCUT2D eigenvalue weighted by Crippen LogP contribution is 2.14. The Hall–Kier alpha value is -0.840. The van der Waals surface area contributed by atoms with Crippen LogP contribution in [0.2, 0.25) is 0 Å². The smallest absolute Gasteiger partial charge is 0.408 e. The van der Waals surface area contributed by atoms with Gasteiger partial charge in [-0.3, -0.25) is 4.90 Å². The Labute approximate surface area is 96.1 Å². The minimum absolute atomic E-state index is 0.386. The zero-order valence-corrected chi connectivity index (χ0v) is 10.4. The first-order chi connectivity index (χ1) is 7.31. The fraction of sp³-hybridized carbons (Fsp3) is 0.909. The van der Waals surface area contributed by atoms with E-state index in [0.717, 1.165) is 6.54 Å². The molecular weight excluding hydrogens is 211 g/mol. The van der Waals surface area contributed by atoms with E-state index in [9.17, 15) is 9.18 Å². The molecule has 0 aromatic heterocycles. The molecule has 16 heavy (non-hydrogen) atoms. The number of rotatable bonds is 2. The van der Waals surface area contributed by atoms with Crippen LogP contribution in [0.25, 0.3) is 0 Å². The molecule has 0 spiro atoms. The Balaban J connectivity index is 2.40. The van der Waals surface area contributed by atoms with E-state index < -0.39 is 23.9 Å². The molecule has 0 aromatic rings. The van der Waals surface area contributed by atoms with Gasteiger partial charge < -0.3 is 10.1 Å². The molecule has 0 unspecified atom stereocenters. The first-order valence-corrected chi connectivity index (χ1v) is 5.67. The summed E-state index contributed by atoms with van der Waals surface area (Å²) < 4.78 is 18.6. The van der Waals surface area contributed by atoms with Crippen molar-refractivity contribution < 1.29 is 13.9 Å². The molecule has 1 rings (SSSR count). The molecule has 1 amide bonds. The molecular formula is C11H21FN2O2. The Morgan fingerprint density at radius 1 is 1.50 bits per heavy atom. The number of ether oxygens (including phenoxy) is 1. The first kappa shape index (κ1) is 13.2. The summed E-state index contributed by atoms with van der Waals surface area (Å²) in [5.74, 6) is 0. The Bertz CT molecular complexity index is 253. The molecule has 1 aliphatic rings. The van der Waals surface area contributed by atoms with Crippen molar-refractivity contribution in [1.29, 1.82) is 0 Å². The van der Waals surface area contributed by atoms with Crippen LogP contribution in [-0.2, 0) is 4.74 Å². The van der Waals surface area contributed by atoms with E-state index >= 15 is 0 Å². The van der Waals surface area contributed by atoms with Crippen molar-refractivity contribution in [3.05, 3.63) is 0 Å². The predicted molar refractivity (Wildman–Crippen MR) is 60.2 cm³/mol. The molecule has 0 bridgehead atoms. The van der Waals surface area contributed by atoms with Gasteiger partial charge in [-0.1, -0.05) is 6.92 Å². The zero-order valence-electron chi connectivity index (χ0n) is 10.4. The minimum atomic E-state index is -1.01. The molecule has 1 fully saturated rings.